The molecule has 0 saturated carbocycles. The molecule has 3 aromatic carbocycles. The smallest absolute Gasteiger partial charge is 0.326 e. The fourth-order valence-electron chi connectivity index (χ4n) is 15.2. The molecule has 25 N–H and O–H groups in total. The van der Waals surface area contributed by atoms with Crippen LogP contribution in [0, 0.1) is 23.7 Å². The first-order valence-corrected chi connectivity index (χ1v) is 43.7. The molecule has 6 rings (SSSR count). The highest BCUT2D eigenvalue weighted by atomic mass is 16.4. The highest BCUT2D eigenvalue weighted by Gasteiger charge is 2.43. The minimum atomic E-state index is -1.74. The number of aromatic hydroxyl groups is 2. The maximum atomic E-state index is 14.7. The van der Waals surface area contributed by atoms with Gasteiger partial charge in [-0.15, -0.1) is 0 Å². The van der Waals surface area contributed by atoms with E-state index in [0.29, 0.717) is 36.8 Å². The molecule has 16 atom stereocenters. The Labute approximate surface area is 744 Å². The number of carboxylic acid groups (broad SMARTS) is 1. The van der Waals surface area contributed by atoms with E-state index in [1.807, 2.05) is 24.3 Å². The monoisotopic (exact) mass is 1790 g/mol. The summed E-state index contributed by atoms with van der Waals surface area (Å²) in [4.78, 5) is 242. The average Bonchev–Trinajstić information content (AvgIpc) is 1.57. The molecule has 2 fully saturated rings. The molecule has 128 heavy (non-hydrogen) atoms. The van der Waals surface area contributed by atoms with Crippen LogP contribution in [0.15, 0.2) is 79.0 Å². The van der Waals surface area contributed by atoms with E-state index in [1.165, 1.54) is 72.2 Å². The largest absolute Gasteiger partial charge is 0.508 e. The zero-order chi connectivity index (χ0) is 94.9. The fraction of sp³-hybridized carbons (Fsp3) is 0.580. The molecule has 2 aliphatic rings. The first kappa shape index (κ1) is 104. The SMILES string of the molecule is CC[C@H](C)[C@H](NC(=O)[C@H](CC(C)C)NC(=O)[C@H](CC(C)C)NC(=O)[C@H](CCCCN)NC(=O)[C@@H]1CCCN1C(=O)[C@H](C)NC(=O)[C@@H](NC(=O)CNC(=O)[C@@H]1CCCN1C(=O)[C@H](CC(C)C)NC(=O)[C@H](CCC(N)=O)NC(=O)[C@H](CCC(N)=O)NC(=O)[C@H](Cc1ccc(O)cc1)NC(=O)[C@@H](N)Cc1c[nH]c2ccccc12)[C@@H](C)O)C(=O)N[C@@H](Cc1ccc(O)cc1)C(=O)O. The van der Waals surface area contributed by atoms with Crippen LogP contribution >= 0.6 is 0 Å². The van der Waals surface area contributed by atoms with Crippen molar-refractivity contribution in [3.8, 4) is 11.5 Å². The van der Waals surface area contributed by atoms with E-state index in [2.05, 4.69) is 68.8 Å². The van der Waals surface area contributed by atoms with Crippen LogP contribution < -0.4 is 86.7 Å². The van der Waals surface area contributed by atoms with Gasteiger partial charge in [-0.05, 0) is 175 Å². The number of nitrogens with two attached hydrogens (primary N) is 4. The third-order valence-corrected chi connectivity index (χ3v) is 22.4. The number of aliphatic hydroxyl groups is 1. The highest BCUT2D eigenvalue weighted by Crippen LogP contribution is 2.25. The number of carboxylic acids is 1. The Balaban J connectivity index is 1.07. The Kier molecular flexibility index (Phi) is 41.5. The van der Waals surface area contributed by atoms with Gasteiger partial charge in [-0.2, -0.15) is 0 Å². The maximum absolute atomic E-state index is 14.7. The lowest BCUT2D eigenvalue weighted by Crippen LogP contribution is -2.61. The van der Waals surface area contributed by atoms with Gasteiger partial charge in [0.25, 0.3) is 0 Å². The molecule has 1 aromatic heterocycles. The lowest BCUT2D eigenvalue weighted by molar-refractivity contribution is -0.143. The van der Waals surface area contributed by atoms with Crippen molar-refractivity contribution in [3.05, 3.63) is 95.7 Å². The predicted octanol–water partition coefficient (Wildman–Crippen LogP) is -1.31. The molecule has 40 nitrogen and oxygen atoms in total. The molecule has 0 bridgehead atoms. The molecule has 4 aromatic rings. The number of likely N-dealkylation sites (tertiary alicyclic amines) is 2. The second kappa shape index (κ2) is 50.9. The number of hydrogen-bond acceptors (Lipinski definition) is 22. The van der Waals surface area contributed by atoms with Crippen LogP contribution in [-0.4, -0.2) is 253 Å². The second-order valence-corrected chi connectivity index (χ2v) is 34.4. The Hall–Kier alpha value is -12.3. The molecule has 0 radical (unpaired) electrons. The zero-order valence-corrected chi connectivity index (χ0v) is 74.5. The summed E-state index contributed by atoms with van der Waals surface area (Å²) in [5.41, 5.74) is 25.8. The summed E-state index contributed by atoms with van der Waals surface area (Å²) in [5, 5.41) is 72.8. The van der Waals surface area contributed by atoms with E-state index >= 15 is 0 Å². The molecule has 2 aliphatic heterocycles. The quantitative estimate of drug-likeness (QED) is 0.0228. The Bertz CT molecular complexity index is 4500. The summed E-state index contributed by atoms with van der Waals surface area (Å²) in [6, 6.07) is -0.537. The number of phenols is 2. The van der Waals surface area contributed by atoms with Gasteiger partial charge in [-0.1, -0.05) is 104 Å². The van der Waals surface area contributed by atoms with Gasteiger partial charge in [-0.25, -0.2) is 4.79 Å². The summed E-state index contributed by atoms with van der Waals surface area (Å²) >= 11 is 0. The second-order valence-electron chi connectivity index (χ2n) is 34.4. The van der Waals surface area contributed by atoms with Gasteiger partial charge in [-0.3, -0.25) is 76.7 Å². The molecule has 16 amide bonds. The number of primary amides is 2. The number of nitrogens with zero attached hydrogens (tertiary/aromatic N) is 2. The van der Waals surface area contributed by atoms with Gasteiger partial charge in [0, 0.05) is 55.9 Å². The number of aliphatic hydroxyl groups excluding tert-OH is 1. The summed E-state index contributed by atoms with van der Waals surface area (Å²) in [5.74, 6) is -16.5. The number of para-hydroxylation sites is 1. The van der Waals surface area contributed by atoms with Gasteiger partial charge in [0.15, 0.2) is 0 Å². The number of aliphatic carboxylic acids is 1. The van der Waals surface area contributed by atoms with E-state index in [0.717, 1.165) is 16.5 Å². The van der Waals surface area contributed by atoms with E-state index in [9.17, 15) is 102 Å². The van der Waals surface area contributed by atoms with Crippen LogP contribution in [-0.2, 0) is 101 Å². The lowest BCUT2D eigenvalue weighted by atomic mass is 9.95. The number of aromatic amines is 1. The summed E-state index contributed by atoms with van der Waals surface area (Å²) < 4.78 is 0. The summed E-state index contributed by atoms with van der Waals surface area (Å²) in [7, 11) is 0. The number of aromatic nitrogens is 1. The molecule has 40 heteroatoms. The molecule has 0 aliphatic carbocycles. The average molecular weight is 1790 g/mol. The van der Waals surface area contributed by atoms with Crippen LogP contribution in [0.1, 0.15) is 182 Å². The minimum absolute atomic E-state index is 0.00885. The molecule has 704 valence electrons. The highest BCUT2D eigenvalue weighted by molar-refractivity contribution is 6.01. The molecule has 2 saturated heterocycles. The number of nitrogens with one attached hydrogen (secondary N) is 13. The number of fused-ring (bicyclic) bond motifs is 1. The van der Waals surface area contributed by atoms with Crippen molar-refractivity contribution >= 4 is 111 Å². The zero-order valence-electron chi connectivity index (χ0n) is 74.5. The van der Waals surface area contributed by atoms with Crippen molar-refractivity contribution in [2.45, 2.75) is 276 Å². The number of benzene rings is 3. The van der Waals surface area contributed by atoms with Gasteiger partial charge >= 0.3 is 5.97 Å². The minimum Gasteiger partial charge on any atom is -0.508 e. The van der Waals surface area contributed by atoms with Crippen LogP contribution in [0.3, 0.4) is 0 Å². The predicted molar refractivity (Wildman–Crippen MR) is 470 cm³/mol. The van der Waals surface area contributed by atoms with Crippen LogP contribution in [0.4, 0.5) is 0 Å². The number of rotatable bonds is 52. The van der Waals surface area contributed by atoms with Crippen molar-refractivity contribution in [2.75, 3.05) is 26.2 Å². The van der Waals surface area contributed by atoms with E-state index in [4.69, 9.17) is 22.9 Å². The summed E-state index contributed by atoms with van der Waals surface area (Å²) in [6.07, 6.45) is -0.0160. The Morgan fingerprint density at radius 2 is 0.906 bits per heavy atom. The summed E-state index contributed by atoms with van der Waals surface area (Å²) in [6.45, 7) is 16.1. The first-order valence-electron chi connectivity index (χ1n) is 43.7. The number of amides is 16. The number of phenolic OH excluding ortho intramolecular Hbond substituents is 2. The number of carbonyl (C=O) groups is 17. The van der Waals surface area contributed by atoms with Crippen LogP contribution in [0.25, 0.3) is 10.9 Å². The number of H-pyrrole nitrogens is 1. The number of hydrogen-bond donors (Lipinski definition) is 21. The molecular weight excluding hydrogens is 1660 g/mol. The van der Waals surface area contributed by atoms with Crippen molar-refractivity contribution in [1.29, 1.82) is 0 Å². The molecule has 3 heterocycles. The molecule has 0 unspecified atom stereocenters. The first-order chi connectivity index (χ1) is 60.5. The van der Waals surface area contributed by atoms with Crippen molar-refractivity contribution in [1.82, 2.24) is 78.6 Å². The van der Waals surface area contributed by atoms with Gasteiger partial charge < -0.3 is 122 Å². The lowest BCUT2D eigenvalue weighted by Gasteiger charge is -2.31. The van der Waals surface area contributed by atoms with Crippen molar-refractivity contribution in [3.63, 3.8) is 0 Å². The van der Waals surface area contributed by atoms with E-state index < -0.39 is 229 Å². The third kappa shape index (κ3) is 32.8. The standard InChI is InChI=1S/C88H131N19O21/c1-11-49(8)73(84(123)103-67(88(127)128)42-53-25-29-56(110)30-26-53)105-81(120)64(39-47(4)5)101-79(118)63(38-46(2)3)100-76(115)60(20-14-15-35-89)98-83(122)69-22-17-36-106(69)86(125)50(9)95-85(124)74(51(10)108)104-72(113)45-94-82(121)68-21-16-37-107(68)87(126)66(40-48(6)7)102-78(117)62(32-34-71(92)112)96-77(116)61(31-33-70(91)111)97-80(119)65(41-52-23-27-55(109)28-24-52)99-75(114)58(90)43-54-44-93-59-19-13-12-18-57(54)59/h12-13,18-19,23-30,44,46-51,58,60-69,73-74,93,108-110H,11,14-17,20-22,31-43,45,89-90H2,1-10H3,(H2,91,111)(H2,92,112)(H,94,121)(H,95,124)(H,96,116)(H,97,119)(H,98,122)(H,99,114)(H,100,115)(H,101,118)(H,102,117)(H,103,123)(H,104,113)(H,105,120)(H,127,128)/t49-,50-,51+,58-,60-,61-,62-,63-,64-,65-,66-,67-,68-,69-,73-,74-/m0/s1. The topological polar surface area (TPSA) is 642 Å². The van der Waals surface area contributed by atoms with Crippen LogP contribution in [0.5, 0.6) is 11.5 Å². The molecular formula is C88H131N19O21. The van der Waals surface area contributed by atoms with Crippen LogP contribution in [0.2, 0.25) is 0 Å². The van der Waals surface area contributed by atoms with Crippen molar-refractivity contribution in [2.24, 2.45) is 46.6 Å². The fourth-order valence-corrected chi connectivity index (χ4v) is 15.2. The van der Waals surface area contributed by atoms with E-state index in [-0.39, 0.29) is 113 Å². The van der Waals surface area contributed by atoms with E-state index in [1.54, 1.807) is 61.6 Å². The Morgan fingerprint density at radius 1 is 0.469 bits per heavy atom. The molecule has 0 spiro atoms. The van der Waals surface area contributed by atoms with Gasteiger partial charge in [0.05, 0.1) is 18.7 Å². The third-order valence-electron chi connectivity index (χ3n) is 22.4. The number of carbonyl (C=O) groups excluding carboxylic acids is 16. The van der Waals surface area contributed by atoms with Gasteiger partial charge in [0.1, 0.15) is 90.0 Å². The maximum Gasteiger partial charge on any atom is 0.326 e. The van der Waals surface area contributed by atoms with Gasteiger partial charge in [0.2, 0.25) is 94.5 Å². The normalized spacial score (nSPS) is 17.1. The van der Waals surface area contributed by atoms with Crippen molar-refractivity contribution < 1.29 is 102 Å². The Morgan fingerprint density at radius 3 is 1.41 bits per heavy atom. The number of unbranched alkanes of at least 4 members (excludes halogenated alkanes) is 1.